The Morgan fingerprint density at radius 3 is 2.86 bits per heavy atom. The van der Waals surface area contributed by atoms with Gasteiger partial charge < -0.3 is 14.4 Å². The standard InChI is InChI=1S/C16H17BrN2O2/c17-14-4-1-3-13-12(14)5-7-18-15(13)19-8-2-6-16(11-19)20-9-10-21-16/h1,3-5,7H,2,6,8-11H2. The number of anilines is 1. The van der Waals surface area contributed by atoms with Crippen LogP contribution in [0.2, 0.25) is 0 Å². The van der Waals surface area contributed by atoms with Crippen LogP contribution in [0.5, 0.6) is 0 Å². The van der Waals surface area contributed by atoms with Gasteiger partial charge in [-0.2, -0.15) is 0 Å². The Kier molecular flexibility index (Phi) is 3.36. The van der Waals surface area contributed by atoms with Crippen molar-refractivity contribution < 1.29 is 9.47 Å². The second-order valence-corrected chi connectivity index (χ2v) is 6.46. The minimum Gasteiger partial charge on any atom is -0.351 e. The van der Waals surface area contributed by atoms with Gasteiger partial charge in [-0.15, -0.1) is 0 Å². The largest absolute Gasteiger partial charge is 0.351 e. The maximum absolute atomic E-state index is 5.87. The quantitative estimate of drug-likeness (QED) is 0.791. The van der Waals surface area contributed by atoms with E-state index in [0.29, 0.717) is 13.2 Å². The van der Waals surface area contributed by atoms with E-state index in [-0.39, 0.29) is 0 Å². The van der Waals surface area contributed by atoms with Crippen LogP contribution in [-0.4, -0.2) is 37.1 Å². The molecule has 5 heteroatoms. The van der Waals surface area contributed by atoms with Gasteiger partial charge in [-0.25, -0.2) is 4.98 Å². The molecule has 2 aliphatic rings. The van der Waals surface area contributed by atoms with Gasteiger partial charge >= 0.3 is 0 Å². The molecule has 110 valence electrons. The molecule has 0 aliphatic carbocycles. The summed E-state index contributed by atoms with van der Waals surface area (Å²) in [5.41, 5.74) is 0. The number of aromatic nitrogens is 1. The van der Waals surface area contributed by atoms with Crippen molar-refractivity contribution in [1.29, 1.82) is 0 Å². The second kappa shape index (κ2) is 5.23. The summed E-state index contributed by atoms with van der Waals surface area (Å²) in [6.07, 6.45) is 3.91. The van der Waals surface area contributed by atoms with Crippen LogP contribution in [0.15, 0.2) is 34.9 Å². The number of pyridine rings is 1. The lowest BCUT2D eigenvalue weighted by molar-refractivity contribution is -0.161. The van der Waals surface area contributed by atoms with Gasteiger partial charge in [-0.1, -0.05) is 28.1 Å². The lowest BCUT2D eigenvalue weighted by Crippen LogP contribution is -2.49. The fraction of sp³-hybridized carbons (Fsp3) is 0.438. The second-order valence-electron chi connectivity index (χ2n) is 5.60. The summed E-state index contributed by atoms with van der Waals surface area (Å²) in [5.74, 6) is 0.598. The van der Waals surface area contributed by atoms with E-state index in [1.54, 1.807) is 0 Å². The molecule has 3 heterocycles. The third kappa shape index (κ3) is 2.33. The van der Waals surface area contributed by atoms with Crippen LogP contribution in [-0.2, 0) is 9.47 Å². The first kappa shape index (κ1) is 13.5. The maximum Gasteiger partial charge on any atom is 0.186 e. The molecule has 0 bridgehead atoms. The van der Waals surface area contributed by atoms with Gasteiger partial charge in [0.15, 0.2) is 5.79 Å². The van der Waals surface area contributed by atoms with Crippen molar-refractivity contribution in [2.75, 3.05) is 31.2 Å². The number of ether oxygens (including phenoxy) is 2. The smallest absolute Gasteiger partial charge is 0.186 e. The van der Waals surface area contributed by atoms with E-state index in [2.05, 4.69) is 44.0 Å². The number of rotatable bonds is 1. The van der Waals surface area contributed by atoms with E-state index in [0.717, 1.165) is 36.2 Å². The van der Waals surface area contributed by atoms with Crippen molar-refractivity contribution in [2.24, 2.45) is 0 Å². The Balaban J connectivity index is 1.74. The summed E-state index contributed by atoms with van der Waals surface area (Å²) in [4.78, 5) is 6.92. The van der Waals surface area contributed by atoms with E-state index in [4.69, 9.17) is 9.47 Å². The fourth-order valence-electron chi connectivity index (χ4n) is 3.31. The van der Waals surface area contributed by atoms with E-state index >= 15 is 0 Å². The van der Waals surface area contributed by atoms with E-state index in [1.807, 2.05) is 12.3 Å². The molecule has 0 N–H and O–H groups in total. The number of hydrogen-bond acceptors (Lipinski definition) is 4. The van der Waals surface area contributed by atoms with Gasteiger partial charge in [0.2, 0.25) is 0 Å². The highest BCUT2D eigenvalue weighted by molar-refractivity contribution is 9.10. The topological polar surface area (TPSA) is 34.6 Å². The van der Waals surface area contributed by atoms with Crippen molar-refractivity contribution in [1.82, 2.24) is 4.98 Å². The highest BCUT2D eigenvalue weighted by Gasteiger charge is 2.41. The number of halogens is 1. The van der Waals surface area contributed by atoms with Gasteiger partial charge in [0.25, 0.3) is 0 Å². The highest BCUT2D eigenvalue weighted by atomic mass is 79.9. The number of hydrogen-bond donors (Lipinski definition) is 0. The van der Waals surface area contributed by atoms with Crippen LogP contribution in [0.1, 0.15) is 12.8 Å². The maximum atomic E-state index is 5.87. The summed E-state index contributed by atoms with van der Waals surface area (Å²) in [6, 6.07) is 8.29. The molecule has 2 aromatic rings. The zero-order chi connectivity index (χ0) is 14.3. The summed E-state index contributed by atoms with van der Waals surface area (Å²) in [7, 11) is 0. The van der Waals surface area contributed by atoms with Crippen LogP contribution in [0.25, 0.3) is 10.8 Å². The van der Waals surface area contributed by atoms with Crippen molar-refractivity contribution in [2.45, 2.75) is 18.6 Å². The zero-order valence-corrected chi connectivity index (χ0v) is 13.3. The molecule has 1 aromatic carbocycles. The van der Waals surface area contributed by atoms with Crippen molar-refractivity contribution >= 4 is 32.5 Å². The molecule has 0 radical (unpaired) electrons. The van der Waals surface area contributed by atoms with Gasteiger partial charge in [0.05, 0.1) is 19.8 Å². The minimum absolute atomic E-state index is 0.423. The SMILES string of the molecule is Brc1cccc2c(N3CCCC4(C3)OCCO4)nccc12. The fourth-order valence-corrected chi connectivity index (χ4v) is 3.81. The first-order valence-electron chi connectivity index (χ1n) is 7.34. The van der Waals surface area contributed by atoms with Gasteiger partial charge in [0.1, 0.15) is 5.82 Å². The lowest BCUT2D eigenvalue weighted by atomic mass is 10.0. The van der Waals surface area contributed by atoms with Crippen LogP contribution in [0.4, 0.5) is 5.82 Å². The number of benzene rings is 1. The molecule has 21 heavy (non-hydrogen) atoms. The van der Waals surface area contributed by atoms with Gasteiger partial charge in [-0.05, 0) is 18.6 Å². The normalized spacial score (nSPS) is 21.3. The summed E-state index contributed by atoms with van der Waals surface area (Å²) >= 11 is 3.62. The predicted molar refractivity (Wildman–Crippen MR) is 85.5 cm³/mol. The molecule has 2 saturated heterocycles. The third-order valence-corrected chi connectivity index (χ3v) is 4.95. The average molecular weight is 349 g/mol. The molecule has 0 amide bonds. The van der Waals surface area contributed by atoms with E-state index in [1.165, 1.54) is 10.8 Å². The molecular formula is C16H17BrN2O2. The first-order valence-corrected chi connectivity index (χ1v) is 8.13. The Hall–Kier alpha value is -1.17. The van der Waals surface area contributed by atoms with E-state index in [9.17, 15) is 0 Å². The summed E-state index contributed by atoms with van der Waals surface area (Å²) in [5, 5.41) is 2.36. The molecule has 1 aromatic heterocycles. The van der Waals surface area contributed by atoms with Gasteiger partial charge in [-0.3, -0.25) is 0 Å². The Morgan fingerprint density at radius 2 is 2.00 bits per heavy atom. The number of nitrogens with zero attached hydrogens (tertiary/aromatic N) is 2. The van der Waals surface area contributed by atoms with Crippen molar-refractivity contribution in [3.63, 3.8) is 0 Å². The van der Waals surface area contributed by atoms with Gasteiger partial charge in [0, 0.05) is 34.4 Å². The lowest BCUT2D eigenvalue weighted by Gasteiger charge is -2.39. The van der Waals surface area contributed by atoms with Crippen molar-refractivity contribution in [3.8, 4) is 0 Å². The summed E-state index contributed by atoms with van der Waals surface area (Å²) < 4.78 is 12.8. The molecule has 0 unspecified atom stereocenters. The highest BCUT2D eigenvalue weighted by Crippen LogP contribution is 2.35. The third-order valence-electron chi connectivity index (χ3n) is 4.26. The molecule has 0 saturated carbocycles. The minimum atomic E-state index is -0.423. The van der Waals surface area contributed by atoms with Crippen LogP contribution in [0, 0.1) is 0 Å². The molecular weight excluding hydrogens is 332 g/mol. The van der Waals surface area contributed by atoms with Crippen LogP contribution < -0.4 is 4.90 Å². The average Bonchev–Trinajstić information content (AvgIpc) is 2.95. The molecule has 4 rings (SSSR count). The van der Waals surface area contributed by atoms with Crippen molar-refractivity contribution in [3.05, 3.63) is 34.9 Å². The number of fused-ring (bicyclic) bond motifs is 1. The van der Waals surface area contributed by atoms with Crippen LogP contribution in [0.3, 0.4) is 0 Å². The van der Waals surface area contributed by atoms with E-state index < -0.39 is 5.79 Å². The Labute approximate surface area is 132 Å². The Bertz CT molecular complexity index is 670. The molecule has 2 aliphatic heterocycles. The monoisotopic (exact) mass is 348 g/mol. The molecule has 2 fully saturated rings. The molecule has 0 atom stereocenters. The number of piperidine rings is 1. The molecule has 4 nitrogen and oxygen atoms in total. The van der Waals surface area contributed by atoms with Crippen LogP contribution >= 0.6 is 15.9 Å². The summed E-state index contributed by atoms with van der Waals surface area (Å²) in [6.45, 7) is 3.14. The molecule has 1 spiro atoms. The predicted octanol–water partition coefficient (Wildman–Crippen LogP) is 3.34. The first-order chi connectivity index (χ1) is 10.3. The zero-order valence-electron chi connectivity index (χ0n) is 11.7. The Morgan fingerprint density at radius 1 is 1.14 bits per heavy atom.